The van der Waals surface area contributed by atoms with Gasteiger partial charge in [-0.1, -0.05) is 18.9 Å². The molecule has 2 nitrogen and oxygen atoms in total. The molecule has 0 spiro atoms. The molecule has 1 aliphatic heterocycles. The number of likely N-dealkylation sites (tertiary alicyclic amines) is 1. The lowest BCUT2D eigenvalue weighted by Crippen LogP contribution is -2.35. The van der Waals surface area contributed by atoms with Crippen LogP contribution in [0.15, 0.2) is 24.4 Å². The minimum absolute atomic E-state index is 0.531. The summed E-state index contributed by atoms with van der Waals surface area (Å²) in [5, 5.41) is 0. The SMILES string of the molecule is CC(C)N1CCCCCC1c1ccccn1. The van der Waals surface area contributed by atoms with Gasteiger partial charge < -0.3 is 0 Å². The van der Waals surface area contributed by atoms with Crippen LogP contribution in [-0.4, -0.2) is 22.5 Å². The van der Waals surface area contributed by atoms with Gasteiger partial charge in [0.1, 0.15) is 0 Å². The Balaban J connectivity index is 2.21. The van der Waals surface area contributed by atoms with Gasteiger partial charge in [-0.05, 0) is 45.4 Å². The molecule has 0 N–H and O–H groups in total. The van der Waals surface area contributed by atoms with Crippen LogP contribution in [0.25, 0.3) is 0 Å². The summed E-state index contributed by atoms with van der Waals surface area (Å²) in [6.07, 6.45) is 7.21. The van der Waals surface area contributed by atoms with E-state index < -0.39 is 0 Å². The second-order valence-corrected chi connectivity index (χ2v) is 4.95. The first-order valence-corrected chi connectivity index (χ1v) is 6.45. The van der Waals surface area contributed by atoms with Gasteiger partial charge in [-0.3, -0.25) is 9.88 Å². The fourth-order valence-corrected chi connectivity index (χ4v) is 2.64. The molecule has 1 unspecified atom stereocenters. The Morgan fingerprint density at radius 3 is 2.81 bits per heavy atom. The van der Waals surface area contributed by atoms with E-state index in [-0.39, 0.29) is 0 Å². The summed E-state index contributed by atoms with van der Waals surface area (Å²) < 4.78 is 0. The molecule has 0 aliphatic carbocycles. The Labute approximate surface area is 98.7 Å². The van der Waals surface area contributed by atoms with Gasteiger partial charge in [0.05, 0.1) is 11.7 Å². The largest absolute Gasteiger partial charge is 0.292 e. The van der Waals surface area contributed by atoms with Crippen molar-refractivity contribution in [3.05, 3.63) is 30.1 Å². The van der Waals surface area contributed by atoms with Gasteiger partial charge >= 0.3 is 0 Å². The lowest BCUT2D eigenvalue weighted by molar-refractivity contribution is 0.154. The molecule has 1 aromatic heterocycles. The maximum Gasteiger partial charge on any atom is 0.0575 e. The molecule has 88 valence electrons. The average molecular weight is 218 g/mol. The zero-order chi connectivity index (χ0) is 11.4. The van der Waals surface area contributed by atoms with Crippen LogP contribution >= 0.6 is 0 Å². The minimum Gasteiger partial charge on any atom is -0.292 e. The molecule has 2 heterocycles. The van der Waals surface area contributed by atoms with Crippen molar-refractivity contribution in [3.63, 3.8) is 0 Å². The number of rotatable bonds is 2. The zero-order valence-corrected chi connectivity index (χ0v) is 10.4. The number of nitrogens with zero attached hydrogens (tertiary/aromatic N) is 2. The number of hydrogen-bond donors (Lipinski definition) is 0. The van der Waals surface area contributed by atoms with Gasteiger partial charge in [0, 0.05) is 12.2 Å². The second kappa shape index (κ2) is 5.44. The maximum absolute atomic E-state index is 4.54. The van der Waals surface area contributed by atoms with E-state index in [0.717, 1.165) is 0 Å². The molecule has 1 atom stereocenters. The Bertz CT molecular complexity index is 308. The van der Waals surface area contributed by atoms with E-state index in [1.54, 1.807) is 0 Å². The van der Waals surface area contributed by atoms with E-state index in [1.165, 1.54) is 37.9 Å². The Hall–Kier alpha value is -0.890. The van der Waals surface area contributed by atoms with Crippen LogP contribution in [-0.2, 0) is 0 Å². The van der Waals surface area contributed by atoms with Gasteiger partial charge in [0.25, 0.3) is 0 Å². The van der Waals surface area contributed by atoms with Crippen LogP contribution < -0.4 is 0 Å². The van der Waals surface area contributed by atoms with Crippen LogP contribution in [0.5, 0.6) is 0 Å². The molecule has 0 bridgehead atoms. The van der Waals surface area contributed by atoms with Crippen LogP contribution in [0.2, 0.25) is 0 Å². The molecule has 16 heavy (non-hydrogen) atoms. The summed E-state index contributed by atoms with van der Waals surface area (Å²) in [7, 11) is 0. The van der Waals surface area contributed by atoms with E-state index in [2.05, 4.69) is 35.9 Å². The van der Waals surface area contributed by atoms with Gasteiger partial charge in [-0.25, -0.2) is 0 Å². The quantitative estimate of drug-likeness (QED) is 0.756. The summed E-state index contributed by atoms with van der Waals surface area (Å²) in [5.41, 5.74) is 1.25. The first-order chi connectivity index (χ1) is 7.79. The summed E-state index contributed by atoms with van der Waals surface area (Å²) >= 11 is 0. The molecular weight excluding hydrogens is 196 g/mol. The van der Waals surface area contributed by atoms with Gasteiger partial charge in [0.2, 0.25) is 0 Å². The molecule has 2 heteroatoms. The van der Waals surface area contributed by atoms with E-state index in [0.29, 0.717) is 12.1 Å². The smallest absolute Gasteiger partial charge is 0.0575 e. The van der Waals surface area contributed by atoms with Crippen molar-refractivity contribution < 1.29 is 0 Å². The highest BCUT2D eigenvalue weighted by atomic mass is 15.2. The molecule has 0 amide bonds. The highest BCUT2D eigenvalue weighted by molar-refractivity contribution is 5.09. The third-order valence-corrected chi connectivity index (χ3v) is 3.49. The average Bonchev–Trinajstić information content (AvgIpc) is 2.55. The van der Waals surface area contributed by atoms with E-state index in [9.17, 15) is 0 Å². The highest BCUT2D eigenvalue weighted by Gasteiger charge is 2.25. The normalized spacial score (nSPS) is 23.3. The number of pyridine rings is 1. The van der Waals surface area contributed by atoms with Crippen LogP contribution in [0.3, 0.4) is 0 Å². The van der Waals surface area contributed by atoms with Crippen LogP contribution in [0, 0.1) is 0 Å². The Kier molecular flexibility index (Phi) is 3.94. The summed E-state index contributed by atoms with van der Waals surface area (Å²) in [6, 6.07) is 7.42. The molecule has 0 radical (unpaired) electrons. The van der Waals surface area contributed by atoms with Crippen molar-refractivity contribution in [1.29, 1.82) is 0 Å². The topological polar surface area (TPSA) is 16.1 Å². The predicted molar refractivity (Wildman–Crippen MR) is 67.3 cm³/mol. The Morgan fingerprint density at radius 1 is 1.25 bits per heavy atom. The molecular formula is C14H22N2. The molecule has 1 saturated heterocycles. The Morgan fingerprint density at radius 2 is 2.12 bits per heavy atom. The molecule has 0 aromatic carbocycles. The molecule has 0 saturated carbocycles. The lowest BCUT2D eigenvalue weighted by Gasteiger charge is -2.32. The highest BCUT2D eigenvalue weighted by Crippen LogP contribution is 2.30. The van der Waals surface area contributed by atoms with Gasteiger partial charge in [0.15, 0.2) is 0 Å². The first kappa shape index (κ1) is 11.6. The zero-order valence-electron chi connectivity index (χ0n) is 10.4. The third-order valence-electron chi connectivity index (χ3n) is 3.49. The van der Waals surface area contributed by atoms with Crippen molar-refractivity contribution in [2.75, 3.05) is 6.54 Å². The molecule has 1 aromatic rings. The fourth-order valence-electron chi connectivity index (χ4n) is 2.64. The van der Waals surface area contributed by atoms with Crippen molar-refractivity contribution in [3.8, 4) is 0 Å². The molecule has 1 aliphatic rings. The van der Waals surface area contributed by atoms with E-state index >= 15 is 0 Å². The number of aromatic nitrogens is 1. The standard InChI is InChI=1S/C14H22N2/c1-12(2)16-11-7-3-4-9-14(16)13-8-5-6-10-15-13/h5-6,8,10,12,14H,3-4,7,9,11H2,1-2H3. The molecule has 1 fully saturated rings. The van der Waals surface area contributed by atoms with E-state index in [1.807, 2.05) is 12.3 Å². The first-order valence-electron chi connectivity index (χ1n) is 6.45. The lowest BCUT2D eigenvalue weighted by atomic mass is 10.0. The van der Waals surface area contributed by atoms with E-state index in [4.69, 9.17) is 0 Å². The van der Waals surface area contributed by atoms with Gasteiger partial charge in [-0.2, -0.15) is 0 Å². The van der Waals surface area contributed by atoms with Crippen molar-refractivity contribution in [2.45, 2.75) is 51.6 Å². The second-order valence-electron chi connectivity index (χ2n) is 4.95. The van der Waals surface area contributed by atoms with Crippen molar-refractivity contribution >= 4 is 0 Å². The summed E-state index contributed by atoms with van der Waals surface area (Å²) in [6.45, 7) is 5.81. The fraction of sp³-hybridized carbons (Fsp3) is 0.643. The van der Waals surface area contributed by atoms with Crippen molar-refractivity contribution in [2.24, 2.45) is 0 Å². The number of hydrogen-bond acceptors (Lipinski definition) is 2. The maximum atomic E-state index is 4.54. The van der Waals surface area contributed by atoms with Crippen LogP contribution in [0.4, 0.5) is 0 Å². The monoisotopic (exact) mass is 218 g/mol. The van der Waals surface area contributed by atoms with Crippen LogP contribution in [0.1, 0.15) is 51.3 Å². The van der Waals surface area contributed by atoms with Gasteiger partial charge in [-0.15, -0.1) is 0 Å². The van der Waals surface area contributed by atoms with Crippen molar-refractivity contribution in [1.82, 2.24) is 9.88 Å². The summed E-state index contributed by atoms with van der Waals surface area (Å²) in [4.78, 5) is 7.14. The summed E-state index contributed by atoms with van der Waals surface area (Å²) in [5.74, 6) is 0. The third kappa shape index (κ3) is 2.62. The molecule has 2 rings (SSSR count). The minimum atomic E-state index is 0.531. The predicted octanol–water partition coefficient (Wildman–Crippen LogP) is 3.41.